The Balaban J connectivity index is 1.76. The summed E-state index contributed by atoms with van der Waals surface area (Å²) in [5.74, 6) is 0.0870. The molecule has 6 heteroatoms. The van der Waals surface area contributed by atoms with E-state index in [1.807, 2.05) is 112 Å². The van der Waals surface area contributed by atoms with Crippen molar-refractivity contribution in [3.05, 3.63) is 90.0 Å². The summed E-state index contributed by atoms with van der Waals surface area (Å²) in [6.45, 7) is 5.23. The van der Waals surface area contributed by atoms with Gasteiger partial charge in [-0.1, -0.05) is 62.4 Å². The molecule has 0 aliphatic rings. The molecule has 6 nitrogen and oxygen atoms in total. The van der Waals surface area contributed by atoms with E-state index < -0.39 is 0 Å². The second kappa shape index (κ2) is 10.6. The SMILES string of the molecule is CC(C)C(=O)N(CCN(C)C)c1ccc(N=C(c2ccccc2)c2c(O)[nH]c3ccccc23)cc1. The van der Waals surface area contributed by atoms with Crippen LogP contribution in [0.2, 0.25) is 0 Å². The standard InChI is InChI=1S/C29H32N4O2/c1-20(2)29(35)33(19-18-32(3)4)23-16-14-22(15-17-23)30-27(21-10-6-5-7-11-21)26-24-12-8-9-13-25(24)31-28(26)34/h5-17,20,31,34H,18-19H2,1-4H3. The highest BCUT2D eigenvalue weighted by molar-refractivity contribution is 6.21. The predicted molar refractivity (Wildman–Crippen MR) is 144 cm³/mol. The van der Waals surface area contributed by atoms with E-state index in [2.05, 4.69) is 9.88 Å². The molecular formula is C29H32N4O2. The van der Waals surface area contributed by atoms with E-state index in [0.29, 0.717) is 17.8 Å². The molecule has 1 heterocycles. The number of carbonyl (C=O) groups is 1. The molecule has 0 spiro atoms. The molecule has 4 aromatic rings. The van der Waals surface area contributed by atoms with E-state index >= 15 is 0 Å². The first-order valence-electron chi connectivity index (χ1n) is 11.9. The monoisotopic (exact) mass is 468 g/mol. The highest BCUT2D eigenvalue weighted by Crippen LogP contribution is 2.32. The Kier molecular flexibility index (Phi) is 7.32. The van der Waals surface area contributed by atoms with Gasteiger partial charge >= 0.3 is 0 Å². The van der Waals surface area contributed by atoms with Gasteiger partial charge in [-0.3, -0.25) is 4.79 Å². The summed E-state index contributed by atoms with van der Waals surface area (Å²) in [6, 6.07) is 25.3. The average molecular weight is 469 g/mol. The van der Waals surface area contributed by atoms with Gasteiger partial charge in [0.1, 0.15) is 0 Å². The Morgan fingerprint density at radius 2 is 1.57 bits per heavy atom. The summed E-state index contributed by atoms with van der Waals surface area (Å²) in [7, 11) is 4.00. The van der Waals surface area contributed by atoms with Crippen molar-refractivity contribution < 1.29 is 9.90 Å². The maximum atomic E-state index is 12.9. The summed E-state index contributed by atoms with van der Waals surface area (Å²) < 4.78 is 0. The van der Waals surface area contributed by atoms with Gasteiger partial charge in [0, 0.05) is 41.2 Å². The molecule has 1 aromatic heterocycles. The molecule has 4 rings (SSSR count). The number of anilines is 1. The molecule has 2 N–H and O–H groups in total. The summed E-state index contributed by atoms with van der Waals surface area (Å²) in [5, 5.41) is 11.7. The van der Waals surface area contributed by atoms with Gasteiger partial charge in [0.25, 0.3) is 0 Å². The number of aromatic nitrogens is 1. The maximum Gasteiger partial charge on any atom is 0.229 e. The van der Waals surface area contributed by atoms with Crippen LogP contribution in [-0.4, -0.2) is 53.8 Å². The highest BCUT2D eigenvalue weighted by Gasteiger charge is 2.20. The molecule has 0 saturated heterocycles. The van der Waals surface area contributed by atoms with E-state index in [1.54, 1.807) is 0 Å². The van der Waals surface area contributed by atoms with Crippen LogP contribution in [-0.2, 0) is 4.79 Å². The largest absolute Gasteiger partial charge is 0.494 e. The quantitative estimate of drug-likeness (QED) is 0.331. The zero-order valence-corrected chi connectivity index (χ0v) is 20.7. The smallest absolute Gasteiger partial charge is 0.229 e. The molecule has 0 atom stereocenters. The normalized spacial score (nSPS) is 12.0. The van der Waals surface area contributed by atoms with Gasteiger partial charge in [0.15, 0.2) is 5.88 Å². The third-order valence-corrected chi connectivity index (χ3v) is 5.90. The number of benzene rings is 3. The van der Waals surface area contributed by atoms with Gasteiger partial charge in [-0.25, -0.2) is 4.99 Å². The zero-order valence-electron chi connectivity index (χ0n) is 20.7. The van der Waals surface area contributed by atoms with Crippen LogP contribution in [0.5, 0.6) is 5.88 Å². The van der Waals surface area contributed by atoms with E-state index in [0.717, 1.165) is 34.4 Å². The number of aromatic amines is 1. The van der Waals surface area contributed by atoms with Crippen molar-refractivity contribution >= 4 is 33.9 Å². The fourth-order valence-electron chi connectivity index (χ4n) is 4.04. The molecular weight excluding hydrogens is 436 g/mol. The molecule has 1 amide bonds. The molecule has 0 radical (unpaired) electrons. The third kappa shape index (κ3) is 5.44. The van der Waals surface area contributed by atoms with Crippen molar-refractivity contribution in [1.82, 2.24) is 9.88 Å². The predicted octanol–water partition coefficient (Wildman–Crippen LogP) is 5.59. The number of fused-ring (bicyclic) bond motifs is 1. The lowest BCUT2D eigenvalue weighted by Gasteiger charge is -2.26. The molecule has 35 heavy (non-hydrogen) atoms. The van der Waals surface area contributed by atoms with Gasteiger partial charge in [0.05, 0.1) is 17.0 Å². The van der Waals surface area contributed by atoms with Crippen LogP contribution in [0.25, 0.3) is 10.9 Å². The number of amides is 1. The van der Waals surface area contributed by atoms with Gasteiger partial charge in [-0.05, 0) is 44.4 Å². The summed E-state index contributed by atoms with van der Waals surface area (Å²) in [5.41, 5.74) is 4.68. The van der Waals surface area contributed by atoms with E-state index in [1.165, 1.54) is 0 Å². The number of likely N-dealkylation sites (N-methyl/N-ethyl adjacent to an activating group) is 1. The van der Waals surface area contributed by atoms with Gasteiger partial charge < -0.3 is 19.9 Å². The average Bonchev–Trinajstić information content (AvgIpc) is 3.19. The molecule has 0 unspecified atom stereocenters. The lowest BCUT2D eigenvalue weighted by Crippen LogP contribution is -2.39. The highest BCUT2D eigenvalue weighted by atomic mass is 16.3. The first-order valence-corrected chi connectivity index (χ1v) is 11.9. The summed E-state index contributed by atoms with van der Waals surface area (Å²) >= 11 is 0. The number of rotatable bonds is 8. The molecule has 180 valence electrons. The van der Waals surface area contributed by atoms with Crippen LogP contribution >= 0.6 is 0 Å². The first-order chi connectivity index (χ1) is 16.8. The molecule has 0 aliphatic carbocycles. The number of aliphatic imine (C=N–C) groups is 1. The van der Waals surface area contributed by atoms with Crippen LogP contribution in [0.4, 0.5) is 11.4 Å². The maximum absolute atomic E-state index is 12.9. The fraction of sp³-hybridized carbons (Fsp3) is 0.241. The van der Waals surface area contributed by atoms with Crippen molar-refractivity contribution in [2.45, 2.75) is 13.8 Å². The molecule has 0 aliphatic heterocycles. The Hall–Kier alpha value is -3.90. The minimum Gasteiger partial charge on any atom is -0.494 e. The molecule has 3 aromatic carbocycles. The number of aromatic hydroxyl groups is 1. The second-order valence-corrected chi connectivity index (χ2v) is 9.18. The zero-order chi connectivity index (χ0) is 24.9. The number of hydrogen-bond donors (Lipinski definition) is 2. The van der Waals surface area contributed by atoms with Crippen molar-refractivity contribution in [2.24, 2.45) is 10.9 Å². The Bertz CT molecular complexity index is 1320. The summed E-state index contributed by atoms with van der Waals surface area (Å²) in [4.78, 5) is 24.8. The molecule has 0 saturated carbocycles. The van der Waals surface area contributed by atoms with Crippen molar-refractivity contribution in [3.8, 4) is 5.88 Å². The summed E-state index contributed by atoms with van der Waals surface area (Å²) in [6.07, 6.45) is 0. The van der Waals surface area contributed by atoms with E-state index in [4.69, 9.17) is 4.99 Å². The minimum atomic E-state index is -0.0932. The lowest BCUT2D eigenvalue weighted by atomic mass is 10.0. The van der Waals surface area contributed by atoms with Gasteiger partial charge in [-0.2, -0.15) is 0 Å². The van der Waals surface area contributed by atoms with Crippen LogP contribution in [0.1, 0.15) is 25.0 Å². The van der Waals surface area contributed by atoms with Crippen LogP contribution in [0, 0.1) is 5.92 Å². The van der Waals surface area contributed by atoms with E-state index in [-0.39, 0.29) is 17.7 Å². The Labute approximate surface area is 206 Å². The number of nitrogens with one attached hydrogen (secondary N) is 1. The number of carbonyl (C=O) groups excluding carboxylic acids is 1. The van der Waals surface area contributed by atoms with Crippen LogP contribution in [0.15, 0.2) is 83.9 Å². The number of H-pyrrole nitrogens is 1. The first kappa shape index (κ1) is 24.2. The van der Waals surface area contributed by atoms with E-state index in [9.17, 15) is 9.90 Å². The second-order valence-electron chi connectivity index (χ2n) is 9.18. The third-order valence-electron chi connectivity index (χ3n) is 5.90. The van der Waals surface area contributed by atoms with Crippen molar-refractivity contribution in [3.63, 3.8) is 0 Å². The van der Waals surface area contributed by atoms with Crippen molar-refractivity contribution in [2.75, 3.05) is 32.1 Å². The fourth-order valence-corrected chi connectivity index (χ4v) is 4.04. The van der Waals surface area contributed by atoms with Crippen molar-refractivity contribution in [1.29, 1.82) is 0 Å². The molecule has 0 fully saturated rings. The van der Waals surface area contributed by atoms with Gasteiger partial charge in [-0.15, -0.1) is 0 Å². The van der Waals surface area contributed by atoms with Crippen LogP contribution in [0.3, 0.4) is 0 Å². The lowest BCUT2D eigenvalue weighted by molar-refractivity contribution is -0.121. The molecule has 0 bridgehead atoms. The number of para-hydroxylation sites is 1. The number of hydrogen-bond acceptors (Lipinski definition) is 4. The van der Waals surface area contributed by atoms with Gasteiger partial charge in [0.2, 0.25) is 5.91 Å². The topological polar surface area (TPSA) is 71.9 Å². The Morgan fingerprint density at radius 1 is 0.914 bits per heavy atom. The minimum absolute atomic E-state index is 0.0859. The van der Waals surface area contributed by atoms with Crippen LogP contribution < -0.4 is 4.90 Å². The number of nitrogens with zero attached hydrogens (tertiary/aromatic N) is 3. The Morgan fingerprint density at radius 3 is 2.23 bits per heavy atom.